The van der Waals surface area contributed by atoms with Crippen LogP contribution in [0.25, 0.3) is 11.5 Å². The third-order valence-electron chi connectivity index (χ3n) is 2.00. The van der Waals surface area contributed by atoms with Crippen molar-refractivity contribution in [2.24, 2.45) is 0 Å². The monoisotopic (exact) mass is 239 g/mol. The van der Waals surface area contributed by atoms with E-state index < -0.39 is 17.3 Å². The number of benzene rings is 1. The predicted molar refractivity (Wildman–Crippen MR) is 52.3 cm³/mol. The lowest BCUT2D eigenvalue weighted by molar-refractivity contribution is -0.384. The smallest absolute Gasteiger partial charge is 0.282 e. The topological polar surface area (TPSA) is 102 Å². The molecule has 1 N–H and O–H groups in total. The molecule has 0 fully saturated rings. The van der Waals surface area contributed by atoms with Gasteiger partial charge in [-0.1, -0.05) is 5.16 Å². The Hall–Kier alpha value is -2.35. The minimum Gasteiger partial charge on any atom is -0.388 e. The summed E-state index contributed by atoms with van der Waals surface area (Å²) in [5, 5.41) is 22.8. The average Bonchev–Trinajstić information content (AvgIpc) is 2.76. The van der Waals surface area contributed by atoms with Crippen molar-refractivity contribution in [3.63, 3.8) is 0 Å². The van der Waals surface area contributed by atoms with Gasteiger partial charge in [0.15, 0.2) is 5.82 Å². The standard InChI is InChI=1S/C9H6FN3O4/c10-5-1-2-7(13(15)16)6(3-5)9-11-8(4-14)12-17-9/h1-3,14H,4H2. The summed E-state index contributed by atoms with van der Waals surface area (Å²) in [6.07, 6.45) is 0. The van der Waals surface area contributed by atoms with E-state index in [1.807, 2.05) is 0 Å². The number of halogens is 1. The van der Waals surface area contributed by atoms with E-state index in [1.54, 1.807) is 0 Å². The molecule has 0 amide bonds. The van der Waals surface area contributed by atoms with E-state index in [1.165, 1.54) is 0 Å². The summed E-state index contributed by atoms with van der Waals surface area (Å²) in [4.78, 5) is 13.7. The van der Waals surface area contributed by atoms with Crippen LogP contribution in [0.5, 0.6) is 0 Å². The highest BCUT2D eigenvalue weighted by Crippen LogP contribution is 2.29. The molecule has 0 saturated carbocycles. The zero-order valence-corrected chi connectivity index (χ0v) is 8.33. The highest BCUT2D eigenvalue weighted by atomic mass is 19.1. The first-order chi connectivity index (χ1) is 8.11. The van der Waals surface area contributed by atoms with Gasteiger partial charge in [0.1, 0.15) is 18.0 Å². The van der Waals surface area contributed by atoms with Crippen LogP contribution in [0.1, 0.15) is 5.82 Å². The summed E-state index contributed by atoms with van der Waals surface area (Å²) in [5.41, 5.74) is -0.471. The molecule has 0 bridgehead atoms. The molecule has 2 rings (SSSR count). The number of aromatic nitrogens is 2. The molecule has 7 nitrogen and oxygen atoms in total. The van der Waals surface area contributed by atoms with Crippen molar-refractivity contribution in [1.82, 2.24) is 10.1 Å². The van der Waals surface area contributed by atoms with Crippen LogP contribution < -0.4 is 0 Å². The molecule has 17 heavy (non-hydrogen) atoms. The molecule has 1 aromatic heterocycles. The molecule has 1 aromatic carbocycles. The maximum atomic E-state index is 13.0. The van der Waals surface area contributed by atoms with Crippen LogP contribution in [0, 0.1) is 15.9 Å². The second-order valence-electron chi connectivity index (χ2n) is 3.09. The number of hydrogen-bond donors (Lipinski definition) is 1. The maximum absolute atomic E-state index is 13.0. The molecule has 0 aliphatic rings. The number of rotatable bonds is 3. The number of nitrogens with zero attached hydrogens (tertiary/aromatic N) is 3. The van der Waals surface area contributed by atoms with Gasteiger partial charge >= 0.3 is 0 Å². The number of hydrogen-bond acceptors (Lipinski definition) is 6. The fourth-order valence-electron chi connectivity index (χ4n) is 1.27. The van der Waals surface area contributed by atoms with Crippen LogP contribution in [0.3, 0.4) is 0 Å². The van der Waals surface area contributed by atoms with Crippen LogP contribution in [0.15, 0.2) is 22.7 Å². The van der Waals surface area contributed by atoms with Gasteiger partial charge in [0.25, 0.3) is 11.6 Å². The van der Waals surface area contributed by atoms with Crippen LogP contribution in [0.2, 0.25) is 0 Å². The summed E-state index contributed by atoms with van der Waals surface area (Å²) in [7, 11) is 0. The molecule has 0 spiro atoms. The highest BCUT2D eigenvalue weighted by molar-refractivity contribution is 5.66. The van der Waals surface area contributed by atoms with Crippen molar-refractivity contribution < 1.29 is 18.9 Å². The summed E-state index contributed by atoms with van der Waals surface area (Å²) >= 11 is 0. The Morgan fingerprint density at radius 3 is 2.88 bits per heavy atom. The first-order valence-electron chi connectivity index (χ1n) is 4.49. The molecule has 0 atom stereocenters. The van der Waals surface area contributed by atoms with Gasteiger partial charge in [-0.05, 0) is 12.1 Å². The predicted octanol–water partition coefficient (Wildman–Crippen LogP) is 1.28. The molecule has 0 unspecified atom stereocenters. The second-order valence-corrected chi connectivity index (χ2v) is 3.09. The second kappa shape index (κ2) is 4.26. The minimum atomic E-state index is -0.683. The molecular weight excluding hydrogens is 233 g/mol. The van der Waals surface area contributed by atoms with Crippen molar-refractivity contribution in [2.75, 3.05) is 0 Å². The lowest BCUT2D eigenvalue weighted by Crippen LogP contribution is -1.93. The Morgan fingerprint density at radius 2 is 2.29 bits per heavy atom. The normalized spacial score (nSPS) is 10.5. The van der Waals surface area contributed by atoms with Gasteiger partial charge in [0.2, 0.25) is 0 Å². The Kier molecular flexibility index (Phi) is 2.79. The molecule has 1 heterocycles. The maximum Gasteiger partial charge on any atom is 0.282 e. The van der Waals surface area contributed by atoms with Crippen LogP contribution in [-0.2, 0) is 6.61 Å². The van der Waals surface area contributed by atoms with Gasteiger partial charge in [-0.3, -0.25) is 10.1 Å². The lowest BCUT2D eigenvalue weighted by atomic mass is 10.2. The summed E-state index contributed by atoms with van der Waals surface area (Å²) in [6, 6.07) is 2.89. The van der Waals surface area contributed by atoms with Crippen LogP contribution in [0.4, 0.5) is 10.1 Å². The zero-order chi connectivity index (χ0) is 12.4. The Bertz CT molecular complexity index is 569. The average molecular weight is 239 g/mol. The van der Waals surface area contributed by atoms with E-state index in [2.05, 4.69) is 10.1 Å². The number of nitro benzene ring substituents is 1. The molecular formula is C9H6FN3O4. The minimum absolute atomic E-state index is 0.0291. The number of nitro groups is 1. The fraction of sp³-hybridized carbons (Fsp3) is 0.111. The Labute approximate surface area is 93.7 Å². The van der Waals surface area contributed by atoms with Crippen molar-refractivity contribution in [3.8, 4) is 11.5 Å². The van der Waals surface area contributed by atoms with Crippen molar-refractivity contribution >= 4 is 5.69 Å². The van der Waals surface area contributed by atoms with Crippen molar-refractivity contribution in [1.29, 1.82) is 0 Å². The highest BCUT2D eigenvalue weighted by Gasteiger charge is 2.21. The lowest BCUT2D eigenvalue weighted by Gasteiger charge is -1.97. The van der Waals surface area contributed by atoms with E-state index in [4.69, 9.17) is 9.63 Å². The van der Waals surface area contributed by atoms with Gasteiger partial charge in [0.05, 0.1) is 4.92 Å². The van der Waals surface area contributed by atoms with E-state index in [9.17, 15) is 14.5 Å². The van der Waals surface area contributed by atoms with E-state index in [0.717, 1.165) is 18.2 Å². The largest absolute Gasteiger partial charge is 0.388 e. The number of aliphatic hydroxyl groups excluding tert-OH is 1. The third kappa shape index (κ3) is 2.11. The van der Waals surface area contributed by atoms with Gasteiger partial charge < -0.3 is 9.63 Å². The molecule has 0 saturated heterocycles. The van der Waals surface area contributed by atoms with Gasteiger partial charge in [-0.2, -0.15) is 4.98 Å². The Morgan fingerprint density at radius 1 is 1.53 bits per heavy atom. The molecule has 8 heteroatoms. The van der Waals surface area contributed by atoms with Gasteiger partial charge in [-0.25, -0.2) is 4.39 Å². The fourth-order valence-corrected chi connectivity index (χ4v) is 1.27. The molecule has 88 valence electrons. The molecule has 0 radical (unpaired) electrons. The Balaban J connectivity index is 2.56. The van der Waals surface area contributed by atoms with Gasteiger partial charge in [-0.15, -0.1) is 0 Å². The molecule has 2 aromatic rings. The molecule has 0 aliphatic heterocycles. The van der Waals surface area contributed by atoms with Crippen LogP contribution >= 0.6 is 0 Å². The molecule has 0 aliphatic carbocycles. The first kappa shape index (κ1) is 11.1. The SMILES string of the molecule is O=[N+]([O-])c1ccc(F)cc1-c1nc(CO)no1. The van der Waals surface area contributed by atoms with Crippen LogP contribution in [-0.4, -0.2) is 20.2 Å². The van der Waals surface area contributed by atoms with Crippen molar-refractivity contribution in [2.45, 2.75) is 6.61 Å². The van der Waals surface area contributed by atoms with E-state index in [-0.39, 0.29) is 23.0 Å². The van der Waals surface area contributed by atoms with E-state index >= 15 is 0 Å². The summed E-state index contributed by atoms with van der Waals surface area (Å²) < 4.78 is 17.7. The van der Waals surface area contributed by atoms with Gasteiger partial charge in [0, 0.05) is 6.07 Å². The van der Waals surface area contributed by atoms with Crippen molar-refractivity contribution in [3.05, 3.63) is 40.0 Å². The quantitative estimate of drug-likeness (QED) is 0.639. The number of aliphatic hydroxyl groups is 1. The zero-order valence-electron chi connectivity index (χ0n) is 8.33. The van der Waals surface area contributed by atoms with E-state index in [0.29, 0.717) is 0 Å². The first-order valence-corrected chi connectivity index (χ1v) is 4.49. The summed E-state index contributed by atoms with van der Waals surface area (Å²) in [5.74, 6) is -0.895. The third-order valence-corrected chi connectivity index (χ3v) is 2.00. The summed E-state index contributed by atoms with van der Waals surface area (Å²) in [6.45, 7) is -0.466.